The summed E-state index contributed by atoms with van der Waals surface area (Å²) in [6, 6.07) is 7.77. The van der Waals surface area contributed by atoms with Crippen LogP contribution in [0.5, 0.6) is 0 Å². The van der Waals surface area contributed by atoms with Gasteiger partial charge in [-0.3, -0.25) is 4.99 Å². The highest BCUT2D eigenvalue weighted by atomic mass is 14.7. The summed E-state index contributed by atoms with van der Waals surface area (Å²) in [7, 11) is 0. The molecule has 0 amide bonds. The van der Waals surface area contributed by atoms with E-state index in [2.05, 4.69) is 11.1 Å². The Labute approximate surface area is 64.8 Å². The Kier molecular flexibility index (Phi) is 1.23. The summed E-state index contributed by atoms with van der Waals surface area (Å²) >= 11 is 0. The number of nitrogens with zero attached hydrogens (tertiary/aromatic N) is 2. The highest BCUT2D eigenvalue weighted by Gasteiger charge is 2.09. The van der Waals surface area contributed by atoms with Gasteiger partial charge in [0.15, 0.2) is 0 Å². The summed E-state index contributed by atoms with van der Waals surface area (Å²) in [5.41, 5.74) is 2.76. The third-order valence-corrected chi connectivity index (χ3v) is 1.80. The van der Waals surface area contributed by atoms with Crippen LogP contribution >= 0.6 is 0 Å². The maximum Gasteiger partial charge on any atom is 0.0995 e. The lowest BCUT2D eigenvalue weighted by Gasteiger charge is -1.96. The van der Waals surface area contributed by atoms with Crippen LogP contribution in [0.4, 0.5) is 5.69 Å². The van der Waals surface area contributed by atoms with Gasteiger partial charge in [-0.05, 0) is 12.1 Å². The second-order valence-corrected chi connectivity index (χ2v) is 2.43. The fraction of sp³-hybridized carbons (Fsp3) is 0.111. The summed E-state index contributed by atoms with van der Waals surface area (Å²) in [5.74, 6) is 0. The van der Waals surface area contributed by atoms with E-state index < -0.39 is 0 Å². The third kappa shape index (κ3) is 0.821. The topological polar surface area (TPSA) is 36.1 Å². The van der Waals surface area contributed by atoms with Crippen LogP contribution in [0.3, 0.4) is 0 Å². The zero-order chi connectivity index (χ0) is 7.68. The number of rotatable bonds is 0. The lowest BCUT2D eigenvalue weighted by Crippen LogP contribution is -1.84. The number of hydrogen-bond acceptors (Lipinski definition) is 2. The first-order valence-corrected chi connectivity index (χ1v) is 3.46. The molecule has 0 radical (unpaired) electrons. The quantitative estimate of drug-likeness (QED) is 0.544. The lowest BCUT2D eigenvalue weighted by atomic mass is 10.1. The molecule has 0 fully saturated rings. The molecule has 0 saturated heterocycles. The number of hydrogen-bond donors (Lipinski definition) is 0. The van der Waals surface area contributed by atoms with Crippen LogP contribution in [0.15, 0.2) is 23.2 Å². The van der Waals surface area contributed by atoms with E-state index in [9.17, 15) is 0 Å². The normalized spacial score (nSPS) is 12.6. The minimum atomic E-state index is 0.750. The Morgan fingerprint density at radius 2 is 2.36 bits per heavy atom. The van der Waals surface area contributed by atoms with Crippen LogP contribution in [-0.4, -0.2) is 6.21 Å². The van der Waals surface area contributed by atoms with Crippen LogP contribution in [0, 0.1) is 11.3 Å². The van der Waals surface area contributed by atoms with Crippen LogP contribution in [0.25, 0.3) is 0 Å². The molecule has 0 spiro atoms. The van der Waals surface area contributed by atoms with Crippen molar-refractivity contribution in [1.82, 2.24) is 0 Å². The SMILES string of the molecule is N#Cc1cccc2c1CC=N2. The van der Waals surface area contributed by atoms with Gasteiger partial charge in [0, 0.05) is 18.2 Å². The summed E-state index contributed by atoms with van der Waals surface area (Å²) in [6.07, 6.45) is 2.64. The molecule has 1 aromatic rings. The first-order valence-electron chi connectivity index (χ1n) is 3.46. The van der Waals surface area contributed by atoms with Gasteiger partial charge in [-0.1, -0.05) is 6.07 Å². The summed E-state index contributed by atoms with van der Waals surface area (Å²) in [5, 5.41) is 8.70. The molecule has 1 aromatic carbocycles. The minimum Gasteiger partial charge on any atom is -0.261 e. The number of nitriles is 1. The molecule has 0 N–H and O–H groups in total. The van der Waals surface area contributed by atoms with Crippen molar-refractivity contribution < 1.29 is 0 Å². The smallest absolute Gasteiger partial charge is 0.0995 e. The van der Waals surface area contributed by atoms with E-state index in [4.69, 9.17) is 5.26 Å². The van der Waals surface area contributed by atoms with E-state index in [-0.39, 0.29) is 0 Å². The Morgan fingerprint density at radius 3 is 3.18 bits per heavy atom. The van der Waals surface area contributed by atoms with Crippen molar-refractivity contribution in [2.75, 3.05) is 0 Å². The maximum absolute atomic E-state index is 8.70. The molecule has 0 unspecified atom stereocenters. The van der Waals surface area contributed by atoms with Crippen molar-refractivity contribution in [1.29, 1.82) is 5.26 Å². The van der Waals surface area contributed by atoms with Gasteiger partial charge in [0.05, 0.1) is 17.3 Å². The van der Waals surface area contributed by atoms with Crippen molar-refractivity contribution in [2.24, 2.45) is 4.99 Å². The van der Waals surface area contributed by atoms with E-state index in [1.54, 1.807) is 0 Å². The Hall–Kier alpha value is -1.62. The molecular formula is C9H6N2. The maximum atomic E-state index is 8.70. The second kappa shape index (κ2) is 2.21. The van der Waals surface area contributed by atoms with Crippen molar-refractivity contribution in [3.05, 3.63) is 29.3 Å². The molecule has 52 valence electrons. The third-order valence-electron chi connectivity index (χ3n) is 1.80. The molecule has 0 saturated carbocycles. The molecule has 2 heteroatoms. The van der Waals surface area contributed by atoms with Gasteiger partial charge in [-0.2, -0.15) is 5.26 Å². The zero-order valence-corrected chi connectivity index (χ0v) is 5.91. The average molecular weight is 142 g/mol. The summed E-state index contributed by atoms with van der Waals surface area (Å²) < 4.78 is 0. The highest BCUT2D eigenvalue weighted by molar-refractivity contribution is 5.77. The molecule has 1 heterocycles. The first kappa shape index (κ1) is 6.11. The largest absolute Gasteiger partial charge is 0.261 e. The van der Waals surface area contributed by atoms with Crippen LogP contribution in [0.2, 0.25) is 0 Å². The molecule has 0 aliphatic carbocycles. The molecule has 1 aliphatic heterocycles. The van der Waals surface area contributed by atoms with Crippen LogP contribution in [0.1, 0.15) is 11.1 Å². The highest BCUT2D eigenvalue weighted by Crippen LogP contribution is 2.26. The fourth-order valence-electron chi connectivity index (χ4n) is 1.25. The van der Waals surface area contributed by atoms with Crippen LogP contribution in [-0.2, 0) is 6.42 Å². The Balaban J connectivity index is 2.66. The van der Waals surface area contributed by atoms with Crippen molar-refractivity contribution in [3.63, 3.8) is 0 Å². The number of benzene rings is 1. The van der Waals surface area contributed by atoms with Gasteiger partial charge in [-0.15, -0.1) is 0 Å². The minimum absolute atomic E-state index is 0.750. The van der Waals surface area contributed by atoms with Crippen molar-refractivity contribution >= 4 is 11.9 Å². The van der Waals surface area contributed by atoms with Gasteiger partial charge in [0.25, 0.3) is 0 Å². The van der Waals surface area contributed by atoms with Crippen molar-refractivity contribution in [3.8, 4) is 6.07 Å². The number of fused-ring (bicyclic) bond motifs is 1. The zero-order valence-electron chi connectivity index (χ0n) is 5.91. The predicted molar refractivity (Wildman–Crippen MR) is 43.0 cm³/mol. The van der Waals surface area contributed by atoms with E-state index >= 15 is 0 Å². The molecule has 0 atom stereocenters. The lowest BCUT2D eigenvalue weighted by molar-refractivity contribution is 1.36. The molecule has 1 aliphatic rings. The monoisotopic (exact) mass is 142 g/mol. The summed E-state index contributed by atoms with van der Waals surface area (Å²) in [4.78, 5) is 4.13. The van der Waals surface area contributed by atoms with Crippen molar-refractivity contribution in [2.45, 2.75) is 6.42 Å². The standard InChI is InChI=1S/C9H6N2/c10-6-7-2-1-3-9-8(7)4-5-11-9/h1-3,5H,4H2. The van der Waals surface area contributed by atoms with E-state index in [0.717, 1.165) is 23.2 Å². The first-order chi connectivity index (χ1) is 5.42. The molecule has 0 bridgehead atoms. The molecule has 0 aromatic heterocycles. The molecule has 11 heavy (non-hydrogen) atoms. The van der Waals surface area contributed by atoms with Gasteiger partial charge >= 0.3 is 0 Å². The van der Waals surface area contributed by atoms with E-state index in [1.807, 2.05) is 24.4 Å². The van der Waals surface area contributed by atoms with Crippen LogP contribution < -0.4 is 0 Å². The molecule has 2 rings (SSSR count). The Bertz CT molecular complexity index is 358. The van der Waals surface area contributed by atoms with Gasteiger partial charge in [-0.25, -0.2) is 0 Å². The second-order valence-electron chi connectivity index (χ2n) is 2.43. The average Bonchev–Trinajstić information content (AvgIpc) is 2.50. The van der Waals surface area contributed by atoms with E-state index in [1.165, 1.54) is 0 Å². The van der Waals surface area contributed by atoms with Gasteiger partial charge in [0.2, 0.25) is 0 Å². The van der Waals surface area contributed by atoms with Gasteiger partial charge < -0.3 is 0 Å². The number of aliphatic imine (C=N–C) groups is 1. The predicted octanol–water partition coefficient (Wildman–Crippen LogP) is 1.82. The molecule has 2 nitrogen and oxygen atoms in total. The fourth-order valence-corrected chi connectivity index (χ4v) is 1.25. The molecular weight excluding hydrogens is 136 g/mol. The summed E-state index contributed by atoms with van der Waals surface area (Å²) in [6.45, 7) is 0. The van der Waals surface area contributed by atoms with Gasteiger partial charge in [0.1, 0.15) is 0 Å². The Morgan fingerprint density at radius 1 is 1.45 bits per heavy atom. The van der Waals surface area contributed by atoms with E-state index in [0.29, 0.717) is 0 Å².